The zero-order valence-corrected chi connectivity index (χ0v) is 62.8. The second-order valence-corrected chi connectivity index (χ2v) is 28.6. The van der Waals surface area contributed by atoms with Crippen LogP contribution >= 0.6 is 36.2 Å². The van der Waals surface area contributed by atoms with Gasteiger partial charge in [-0.05, 0) is 103 Å². The molecule has 7 amide bonds. The Kier molecular flexibility index (Phi) is 41.4. The van der Waals surface area contributed by atoms with Crippen LogP contribution in [0, 0.1) is 0 Å². The first-order valence-electron chi connectivity index (χ1n) is 35.3. The van der Waals surface area contributed by atoms with Gasteiger partial charge in [0.2, 0.25) is 5.91 Å². The van der Waals surface area contributed by atoms with E-state index in [4.69, 9.17) is 11.5 Å². The van der Waals surface area contributed by atoms with Crippen molar-refractivity contribution in [1.82, 2.24) is 20.2 Å². The summed E-state index contributed by atoms with van der Waals surface area (Å²) in [7, 11) is -5.01. The Hall–Kier alpha value is -7.96. The molecule has 1 atom stereocenters. The van der Waals surface area contributed by atoms with Crippen LogP contribution in [0.25, 0.3) is 0 Å². The van der Waals surface area contributed by atoms with Crippen LogP contribution in [-0.2, 0) is 62.8 Å². The van der Waals surface area contributed by atoms with E-state index in [9.17, 15) is 51.3 Å². The number of nitrogens with zero attached hydrogens (tertiary/aromatic N) is 3. The topological polar surface area (TPSA) is 277 Å². The van der Waals surface area contributed by atoms with Gasteiger partial charge in [-0.3, -0.25) is 43.4 Å². The van der Waals surface area contributed by atoms with E-state index in [0.717, 1.165) is 73.8 Å². The average Bonchev–Trinajstić information content (AvgIpc) is 0.972. The molecule has 3 heterocycles. The van der Waals surface area contributed by atoms with E-state index in [1.807, 2.05) is 23.5 Å². The highest BCUT2D eigenvalue weighted by Gasteiger charge is 2.45. The zero-order chi connectivity index (χ0) is 74.4. The number of unbranched alkanes of at least 4 members (excludes halogenated alkanes) is 8. The first-order chi connectivity index (χ1) is 49.3. The SMILES string of the molecule is CCCCCN.CCCCCNC(=O)CCCCCN1C(=O)C=CC1=O.CCCS.CCCSC(c1ccccc1)(c1ccccc1)c1ccccc1.NCCSC(c1ccccc1)(c1ccccc1)c1ccccc1.O=C(CCCCCN1C(=O)C=CC1=O)ON1C(=O)CC(S(=O)(=O)[O-])C1=O. The summed E-state index contributed by atoms with van der Waals surface area (Å²) < 4.78 is 32.2. The minimum atomic E-state index is -5.01. The van der Waals surface area contributed by atoms with Crippen molar-refractivity contribution in [2.75, 3.05) is 50.0 Å². The zero-order valence-electron chi connectivity index (χ0n) is 59.5. The molecule has 0 spiro atoms. The number of thiol groups is 1. The first kappa shape index (κ1) is 86.4. The summed E-state index contributed by atoms with van der Waals surface area (Å²) in [4.78, 5) is 98.3. The number of hydroxylamine groups is 2. The minimum absolute atomic E-state index is 0.00961. The number of carbonyl (C=O) groups excluding carboxylic acids is 8. The number of nitrogens with one attached hydrogen (secondary N) is 1. The average molecular weight is 1470 g/mol. The minimum Gasteiger partial charge on any atom is -0.747 e. The van der Waals surface area contributed by atoms with Crippen molar-refractivity contribution in [2.24, 2.45) is 11.5 Å². The monoisotopic (exact) mass is 1470 g/mol. The Morgan fingerprint density at radius 2 is 0.843 bits per heavy atom. The predicted octanol–water partition coefficient (Wildman–Crippen LogP) is 13.6. The fourth-order valence-electron chi connectivity index (χ4n) is 10.9. The number of rotatable bonds is 34. The first-order valence-corrected chi connectivity index (χ1v) is 39.4. The third-order valence-corrected chi connectivity index (χ3v) is 21.0. The van der Waals surface area contributed by atoms with Crippen LogP contribution in [0.3, 0.4) is 0 Å². The Labute approximate surface area is 618 Å². The molecule has 6 aromatic rings. The molecule has 102 heavy (non-hydrogen) atoms. The number of thioether (sulfide) groups is 2. The van der Waals surface area contributed by atoms with E-state index in [2.05, 4.69) is 232 Å². The molecule has 6 aromatic carbocycles. The number of benzene rings is 6. The highest BCUT2D eigenvalue weighted by Crippen LogP contribution is 2.50. The van der Waals surface area contributed by atoms with E-state index >= 15 is 0 Å². The lowest BCUT2D eigenvalue weighted by atomic mass is 9.84. The van der Waals surface area contributed by atoms with Gasteiger partial charge in [-0.1, -0.05) is 248 Å². The van der Waals surface area contributed by atoms with Gasteiger partial charge in [-0.15, -0.1) is 28.6 Å². The summed E-state index contributed by atoms with van der Waals surface area (Å²) in [6, 6.07) is 64.8. The van der Waals surface area contributed by atoms with Gasteiger partial charge in [-0.2, -0.15) is 12.6 Å². The van der Waals surface area contributed by atoms with Crippen molar-refractivity contribution < 1.29 is 56.2 Å². The molecule has 0 radical (unpaired) electrons. The molecule has 3 aliphatic heterocycles. The van der Waals surface area contributed by atoms with Gasteiger partial charge in [-0.25, -0.2) is 13.2 Å². The third kappa shape index (κ3) is 28.3. The third-order valence-electron chi connectivity index (χ3n) is 16.1. The van der Waals surface area contributed by atoms with Gasteiger partial charge in [0.1, 0.15) is 15.4 Å². The van der Waals surface area contributed by atoms with Gasteiger partial charge in [0, 0.05) is 69.1 Å². The van der Waals surface area contributed by atoms with Crippen molar-refractivity contribution in [1.29, 1.82) is 0 Å². The van der Waals surface area contributed by atoms with Crippen molar-refractivity contribution in [3.8, 4) is 0 Å². The molecule has 1 saturated heterocycles. The molecule has 9 rings (SSSR count). The van der Waals surface area contributed by atoms with E-state index in [0.29, 0.717) is 38.8 Å². The molecule has 1 fully saturated rings. The normalized spacial score (nSPS) is 13.9. The lowest BCUT2D eigenvalue weighted by molar-refractivity contribution is -0.197. The van der Waals surface area contributed by atoms with Crippen molar-refractivity contribution >= 4 is 93.6 Å². The number of amides is 7. The van der Waals surface area contributed by atoms with Crippen molar-refractivity contribution in [3.63, 3.8) is 0 Å². The Bertz CT molecular complexity index is 3270. The van der Waals surface area contributed by atoms with E-state index in [-0.39, 0.29) is 45.2 Å². The van der Waals surface area contributed by atoms with Crippen molar-refractivity contribution in [3.05, 3.63) is 240 Å². The lowest BCUT2D eigenvalue weighted by Crippen LogP contribution is -2.36. The molecule has 0 bridgehead atoms. The molecular weight excluding hydrogens is 1370 g/mol. The highest BCUT2D eigenvalue weighted by atomic mass is 32.2. The summed E-state index contributed by atoms with van der Waals surface area (Å²) in [6.07, 6.45) is 17.5. The molecule has 0 aromatic heterocycles. The Morgan fingerprint density at radius 3 is 1.15 bits per heavy atom. The number of nitrogens with two attached hydrogens (primary N) is 2. The maximum Gasteiger partial charge on any atom is 0.333 e. The van der Waals surface area contributed by atoms with Gasteiger partial charge in [0.15, 0.2) is 0 Å². The van der Waals surface area contributed by atoms with Crippen LogP contribution < -0.4 is 16.8 Å². The summed E-state index contributed by atoms with van der Waals surface area (Å²) in [5.74, 6) is -1.53. The number of hydrogen-bond donors (Lipinski definition) is 4. The van der Waals surface area contributed by atoms with Gasteiger partial charge < -0.3 is 26.2 Å². The van der Waals surface area contributed by atoms with E-state index in [1.54, 1.807) is 0 Å². The quantitative estimate of drug-likeness (QED) is 0.00961. The molecule has 0 aliphatic carbocycles. The molecule has 3 aliphatic rings. The van der Waals surface area contributed by atoms with Gasteiger partial charge in [0.25, 0.3) is 35.4 Å². The highest BCUT2D eigenvalue weighted by molar-refractivity contribution is 8.00. The second kappa shape index (κ2) is 48.8. The summed E-state index contributed by atoms with van der Waals surface area (Å²) in [5.41, 5.74) is 19.0. The largest absolute Gasteiger partial charge is 0.747 e. The fourth-order valence-corrected chi connectivity index (χ4v) is 14.3. The summed E-state index contributed by atoms with van der Waals surface area (Å²) in [6.45, 7) is 11.6. The van der Waals surface area contributed by atoms with E-state index < -0.39 is 51.4 Å². The lowest BCUT2D eigenvalue weighted by Gasteiger charge is -2.35. The number of hydrogen-bond acceptors (Lipinski definition) is 17. The van der Waals surface area contributed by atoms with Crippen LogP contribution in [0.4, 0.5) is 0 Å². The summed E-state index contributed by atoms with van der Waals surface area (Å²) in [5, 5.41) is 0.829. The van der Waals surface area contributed by atoms with Crippen LogP contribution in [-0.4, -0.2) is 130 Å². The Morgan fingerprint density at radius 1 is 0.490 bits per heavy atom. The maximum atomic E-state index is 11.7. The smallest absolute Gasteiger partial charge is 0.333 e. The van der Waals surface area contributed by atoms with Crippen LogP contribution in [0.2, 0.25) is 0 Å². The van der Waals surface area contributed by atoms with E-state index in [1.165, 1.54) is 94.7 Å². The standard InChI is InChI=1S/C22H22S.C21H21NS.C15H24N2O3.C14H16N2O9S.C5H13N.C3H8S/c1-2-18-23-22(19-12-6-3-7-13-19,20-14-8-4-9-15-20)21-16-10-5-11-17-21;22-16-17-23-21(18-10-4-1-5-11-18,19-12-6-2-7-13-19)20-14-8-3-9-15-20;1-2-3-6-11-16-13(18)8-5-4-7-12-17-14(19)9-10-15(17)20;17-10-5-6-11(18)15(10)7-3-1-2-4-13(20)25-16-12(19)8-9(14(16)21)26(22,23)24;1-2-3-4-5-6;1-2-3-4/h3-17H,2,18H2,1H3;1-15H,16-17,22H2;9-10H,2-8,11-12H2,1H3,(H,16,18);5-6,9H,1-4,7-8H2,(H,22,23,24);2-6H2,1H3;4H,2-3H2,1H3/p-1. The molecular formula is C80H103N6O12S4-. The predicted molar refractivity (Wildman–Crippen MR) is 413 cm³/mol. The maximum absolute atomic E-state index is 11.7. The van der Waals surface area contributed by atoms with Gasteiger partial charge >= 0.3 is 5.97 Å². The second-order valence-electron chi connectivity index (χ2n) is 23.9. The van der Waals surface area contributed by atoms with Crippen LogP contribution in [0.5, 0.6) is 0 Å². The summed E-state index contributed by atoms with van der Waals surface area (Å²) >= 11 is 7.85. The molecule has 1 unspecified atom stereocenters. The molecule has 18 nitrogen and oxygen atoms in total. The molecule has 5 N–H and O–H groups in total. The van der Waals surface area contributed by atoms with Crippen molar-refractivity contribution in [2.45, 2.75) is 152 Å². The fraction of sp³-hybridized carbons (Fsp3) is 0.400. The van der Waals surface area contributed by atoms with Gasteiger partial charge in [0.05, 0.1) is 15.9 Å². The number of imide groups is 3. The molecule has 550 valence electrons. The Balaban J connectivity index is 0.000000276. The van der Waals surface area contributed by atoms with Crippen LogP contribution in [0.15, 0.2) is 206 Å². The van der Waals surface area contributed by atoms with Crippen LogP contribution in [0.1, 0.15) is 170 Å². The molecule has 22 heteroatoms. The number of carbonyl (C=O) groups is 8. The molecule has 0 saturated carbocycles.